The van der Waals surface area contributed by atoms with E-state index in [1.165, 1.54) is 32.6 Å². The molecule has 10 heteroatoms. The number of nitrogens with zero attached hydrogens (tertiary/aromatic N) is 1. The average molecular weight is 403 g/mol. The van der Waals surface area contributed by atoms with Crippen molar-refractivity contribution in [3.63, 3.8) is 0 Å². The lowest BCUT2D eigenvalue weighted by atomic mass is 10.2. The third-order valence-corrected chi connectivity index (χ3v) is 4.42. The molecule has 146 valence electrons. The molecule has 0 aliphatic heterocycles. The van der Waals surface area contributed by atoms with Gasteiger partial charge in [-0.25, -0.2) is 0 Å². The van der Waals surface area contributed by atoms with Gasteiger partial charge in [-0.1, -0.05) is 0 Å². The van der Waals surface area contributed by atoms with Crippen molar-refractivity contribution in [1.82, 2.24) is 0 Å². The first kappa shape index (κ1) is 20.8. The fourth-order valence-electron chi connectivity index (χ4n) is 2.13. The molecule has 2 aromatic rings. The lowest BCUT2D eigenvalue weighted by Gasteiger charge is -2.10. The Hall–Kier alpha value is -3.55. The number of nitrogens with one attached hydrogen (secondary N) is 2. The van der Waals surface area contributed by atoms with Crippen LogP contribution in [0.3, 0.4) is 0 Å². The van der Waals surface area contributed by atoms with Gasteiger partial charge in [0.25, 0.3) is 16.0 Å². The van der Waals surface area contributed by atoms with Crippen molar-refractivity contribution in [1.29, 1.82) is 5.26 Å². The van der Waals surface area contributed by atoms with Crippen LogP contribution in [0.5, 0.6) is 11.5 Å². The predicted octanol–water partition coefficient (Wildman–Crippen LogP) is 2.41. The van der Waals surface area contributed by atoms with E-state index in [4.69, 9.17) is 14.0 Å². The van der Waals surface area contributed by atoms with Crippen LogP contribution < -0.4 is 20.1 Å². The molecule has 0 spiro atoms. The van der Waals surface area contributed by atoms with Gasteiger partial charge in [-0.3, -0.25) is 9.35 Å². The molecule has 0 bridgehead atoms. The summed E-state index contributed by atoms with van der Waals surface area (Å²) in [7, 11) is -1.35. The molecule has 0 aliphatic rings. The molecule has 9 nitrogen and oxygen atoms in total. The van der Waals surface area contributed by atoms with Crippen molar-refractivity contribution in [2.45, 2.75) is 4.90 Å². The number of benzene rings is 2. The van der Waals surface area contributed by atoms with Crippen molar-refractivity contribution < 1.29 is 27.2 Å². The Labute approximate surface area is 161 Å². The highest BCUT2D eigenvalue weighted by molar-refractivity contribution is 7.85. The molecule has 0 atom stereocenters. The summed E-state index contributed by atoms with van der Waals surface area (Å²) >= 11 is 0. The van der Waals surface area contributed by atoms with Gasteiger partial charge in [0.2, 0.25) is 0 Å². The second kappa shape index (κ2) is 8.90. The van der Waals surface area contributed by atoms with E-state index in [1.54, 1.807) is 24.3 Å². The third kappa shape index (κ3) is 5.23. The maximum atomic E-state index is 12.3. The number of anilines is 2. The minimum absolute atomic E-state index is 0.233. The van der Waals surface area contributed by atoms with Gasteiger partial charge in [-0.15, -0.1) is 0 Å². The molecule has 0 fully saturated rings. The zero-order chi connectivity index (χ0) is 20.7. The summed E-state index contributed by atoms with van der Waals surface area (Å²) in [6.07, 6.45) is 1.21. The largest absolute Gasteiger partial charge is 0.497 e. The van der Waals surface area contributed by atoms with Gasteiger partial charge in [0.05, 0.1) is 24.8 Å². The van der Waals surface area contributed by atoms with Crippen molar-refractivity contribution in [2.24, 2.45) is 0 Å². The number of rotatable bonds is 7. The molecule has 0 aromatic heterocycles. The highest BCUT2D eigenvalue weighted by Gasteiger charge is 2.12. The van der Waals surface area contributed by atoms with Crippen LogP contribution >= 0.6 is 0 Å². The zero-order valence-electron chi connectivity index (χ0n) is 15.0. The van der Waals surface area contributed by atoms with Crippen molar-refractivity contribution in [2.75, 3.05) is 24.9 Å². The van der Waals surface area contributed by atoms with Gasteiger partial charge in [0.15, 0.2) is 0 Å². The highest BCUT2D eigenvalue weighted by Crippen LogP contribution is 2.29. The van der Waals surface area contributed by atoms with Crippen LogP contribution in [0.4, 0.5) is 11.4 Å². The fraction of sp³-hybridized carbons (Fsp3) is 0.111. The lowest BCUT2D eigenvalue weighted by Crippen LogP contribution is -2.14. The molecular formula is C18H17N3O6S. The van der Waals surface area contributed by atoms with Gasteiger partial charge in [0.1, 0.15) is 23.1 Å². The summed E-state index contributed by atoms with van der Waals surface area (Å²) in [5.41, 5.74) is 0.501. The number of hydrogen-bond donors (Lipinski definition) is 3. The number of carbonyl (C=O) groups is 1. The second-order valence-corrected chi connectivity index (χ2v) is 6.76. The number of hydrogen-bond acceptors (Lipinski definition) is 7. The van der Waals surface area contributed by atoms with Crippen LogP contribution in [0.1, 0.15) is 0 Å². The smallest absolute Gasteiger partial charge is 0.294 e. The highest BCUT2D eigenvalue weighted by atomic mass is 32.2. The monoisotopic (exact) mass is 403 g/mol. The molecule has 2 rings (SSSR count). The molecule has 0 heterocycles. The van der Waals surface area contributed by atoms with Crippen LogP contribution in [-0.2, 0) is 14.9 Å². The van der Waals surface area contributed by atoms with Gasteiger partial charge in [0, 0.05) is 18.0 Å². The molecule has 0 radical (unpaired) electrons. The molecule has 3 N–H and O–H groups in total. The topological polar surface area (TPSA) is 138 Å². The Morgan fingerprint density at radius 1 is 1.14 bits per heavy atom. The molecule has 2 aromatic carbocycles. The molecular weight excluding hydrogens is 386 g/mol. The Kier molecular flexibility index (Phi) is 6.59. The van der Waals surface area contributed by atoms with Crippen LogP contribution in [-0.4, -0.2) is 33.1 Å². The summed E-state index contributed by atoms with van der Waals surface area (Å²) in [5, 5.41) is 14.5. The van der Waals surface area contributed by atoms with E-state index in [0.717, 1.165) is 12.1 Å². The standard InChI is InChI=1S/C18H17N3O6S/c1-26-14-5-8-17(27-2)16(9-14)20-11-12(10-19)18(22)21-13-3-6-15(7-4-13)28(23,24)25/h3-9,11,20H,1-2H3,(H,21,22)(H,23,24,25)/b12-11-. The zero-order valence-corrected chi connectivity index (χ0v) is 15.8. The molecule has 0 aliphatic carbocycles. The Balaban J connectivity index is 2.16. The third-order valence-electron chi connectivity index (χ3n) is 3.55. The van der Waals surface area contributed by atoms with E-state index in [9.17, 15) is 18.5 Å². The SMILES string of the molecule is COc1ccc(OC)c(N/C=C(/C#N)C(=O)Nc2ccc(S(=O)(=O)O)cc2)c1. The van der Waals surface area contributed by atoms with E-state index in [-0.39, 0.29) is 16.2 Å². The summed E-state index contributed by atoms with van der Waals surface area (Å²) in [4.78, 5) is 11.9. The van der Waals surface area contributed by atoms with E-state index < -0.39 is 16.0 Å². The first-order valence-electron chi connectivity index (χ1n) is 7.76. The Morgan fingerprint density at radius 2 is 1.82 bits per heavy atom. The van der Waals surface area contributed by atoms with Crippen LogP contribution in [0.25, 0.3) is 0 Å². The number of ether oxygens (including phenoxy) is 2. The minimum atomic E-state index is -4.33. The molecule has 0 saturated heterocycles. The van der Waals surface area contributed by atoms with Gasteiger partial charge >= 0.3 is 0 Å². The predicted molar refractivity (Wildman–Crippen MR) is 102 cm³/mol. The summed E-state index contributed by atoms with van der Waals surface area (Å²) < 4.78 is 41.3. The van der Waals surface area contributed by atoms with Gasteiger partial charge in [-0.2, -0.15) is 13.7 Å². The number of nitriles is 1. The summed E-state index contributed by atoms with van der Waals surface area (Å²) in [6, 6.07) is 11.6. The van der Waals surface area contributed by atoms with E-state index in [1.807, 2.05) is 0 Å². The van der Waals surface area contributed by atoms with Gasteiger partial charge in [-0.05, 0) is 36.4 Å². The molecule has 28 heavy (non-hydrogen) atoms. The van der Waals surface area contributed by atoms with E-state index in [0.29, 0.717) is 17.2 Å². The first-order valence-corrected chi connectivity index (χ1v) is 9.20. The fourth-order valence-corrected chi connectivity index (χ4v) is 2.61. The maximum Gasteiger partial charge on any atom is 0.294 e. The summed E-state index contributed by atoms with van der Waals surface area (Å²) in [6.45, 7) is 0. The normalized spacial score (nSPS) is 11.3. The maximum absolute atomic E-state index is 12.3. The van der Waals surface area contributed by atoms with Crippen LogP contribution in [0.15, 0.2) is 59.1 Å². The average Bonchev–Trinajstić information content (AvgIpc) is 2.68. The van der Waals surface area contributed by atoms with Gasteiger partial charge < -0.3 is 20.1 Å². The molecule has 0 saturated carbocycles. The number of carbonyl (C=O) groups excluding carboxylic acids is 1. The van der Waals surface area contributed by atoms with Crippen LogP contribution in [0, 0.1) is 11.3 Å². The Morgan fingerprint density at radius 3 is 2.36 bits per heavy atom. The van der Waals surface area contributed by atoms with Crippen LogP contribution in [0.2, 0.25) is 0 Å². The summed E-state index contributed by atoms with van der Waals surface area (Å²) in [5.74, 6) is 0.325. The quantitative estimate of drug-likeness (QED) is 0.364. The van der Waals surface area contributed by atoms with E-state index in [2.05, 4.69) is 10.6 Å². The lowest BCUT2D eigenvalue weighted by molar-refractivity contribution is -0.112. The van der Waals surface area contributed by atoms with Crippen molar-refractivity contribution >= 4 is 27.4 Å². The number of methoxy groups -OCH3 is 2. The molecule has 0 unspecified atom stereocenters. The Bertz CT molecular complexity index is 1040. The van der Waals surface area contributed by atoms with E-state index >= 15 is 0 Å². The molecule has 1 amide bonds. The minimum Gasteiger partial charge on any atom is -0.497 e. The second-order valence-electron chi connectivity index (χ2n) is 5.33. The number of amides is 1. The van der Waals surface area contributed by atoms with Crippen molar-refractivity contribution in [3.05, 3.63) is 54.2 Å². The first-order chi connectivity index (χ1) is 13.3. The van der Waals surface area contributed by atoms with Crippen molar-refractivity contribution in [3.8, 4) is 17.6 Å².